The fraction of sp³-hybridized carbons (Fsp3) is 0.0714. The lowest BCUT2D eigenvalue weighted by atomic mass is 10.1. The molecule has 2 atom stereocenters. The lowest BCUT2D eigenvalue weighted by Gasteiger charge is -2.11. The third-order valence-electron chi connectivity index (χ3n) is 2.37. The molecule has 0 radical (unpaired) electrons. The van der Waals surface area contributed by atoms with Gasteiger partial charge < -0.3 is 4.74 Å². The molecule has 0 aromatic heterocycles. The van der Waals surface area contributed by atoms with Crippen LogP contribution in [0.3, 0.4) is 0 Å². The molecule has 86 valence electrons. The van der Waals surface area contributed by atoms with Crippen LogP contribution in [0.2, 0.25) is 0 Å². The Labute approximate surface area is 103 Å². The highest BCUT2D eigenvalue weighted by atomic mass is 31.0. The Hall–Kier alpha value is -1.66. The first-order chi connectivity index (χ1) is 8.27. The van der Waals surface area contributed by atoms with Gasteiger partial charge in [-0.05, 0) is 17.7 Å². The quantitative estimate of drug-likeness (QED) is 0.471. The summed E-state index contributed by atoms with van der Waals surface area (Å²) in [6, 6.07) is 18.6. The summed E-state index contributed by atoms with van der Waals surface area (Å²) in [5.74, 6) is 0.299. The number of para-hydroxylation sites is 1. The van der Waals surface area contributed by atoms with Gasteiger partial charge in [-0.1, -0.05) is 48.5 Å². The maximum absolute atomic E-state index is 11.9. The maximum Gasteiger partial charge on any atom is 0.322 e. The summed E-state index contributed by atoms with van der Waals surface area (Å²) < 4.78 is 5.27. The number of benzene rings is 2. The first kappa shape index (κ1) is 11.8. The summed E-state index contributed by atoms with van der Waals surface area (Å²) >= 11 is 0. The van der Waals surface area contributed by atoms with Crippen molar-refractivity contribution in [3.05, 3.63) is 66.2 Å². The van der Waals surface area contributed by atoms with Crippen LogP contribution in [0.15, 0.2) is 60.7 Å². The highest BCUT2D eigenvalue weighted by Crippen LogP contribution is 2.25. The highest BCUT2D eigenvalue weighted by Gasteiger charge is 2.17. The molecule has 0 heterocycles. The van der Waals surface area contributed by atoms with E-state index in [9.17, 15) is 4.79 Å². The zero-order chi connectivity index (χ0) is 12.1. The van der Waals surface area contributed by atoms with Gasteiger partial charge in [-0.15, -0.1) is 9.24 Å². The van der Waals surface area contributed by atoms with Gasteiger partial charge in [0, 0.05) is 0 Å². The van der Waals surface area contributed by atoms with Gasteiger partial charge in [-0.3, -0.25) is 4.79 Å². The number of carbonyl (C=O) groups is 1. The monoisotopic (exact) mass is 244 g/mol. The minimum Gasteiger partial charge on any atom is -0.426 e. The zero-order valence-electron chi connectivity index (χ0n) is 9.24. The number of esters is 1. The van der Waals surface area contributed by atoms with Crippen LogP contribution in [0.1, 0.15) is 11.2 Å². The average molecular weight is 244 g/mol. The predicted octanol–water partition coefficient (Wildman–Crippen LogP) is 3.21. The van der Waals surface area contributed by atoms with Crippen molar-refractivity contribution in [2.24, 2.45) is 0 Å². The Kier molecular flexibility index (Phi) is 3.89. The van der Waals surface area contributed by atoms with Gasteiger partial charge >= 0.3 is 5.97 Å². The predicted molar refractivity (Wildman–Crippen MR) is 71.0 cm³/mol. The minimum atomic E-state index is -0.337. The number of carbonyl (C=O) groups excluding carboxylic acids is 1. The van der Waals surface area contributed by atoms with E-state index in [1.807, 2.05) is 48.5 Å². The third-order valence-corrected chi connectivity index (χ3v) is 3.03. The molecule has 2 rings (SSSR count). The topological polar surface area (TPSA) is 26.3 Å². The fourth-order valence-electron chi connectivity index (χ4n) is 1.46. The number of hydrogen-bond acceptors (Lipinski definition) is 2. The van der Waals surface area contributed by atoms with Gasteiger partial charge in [-0.25, -0.2) is 0 Å². The van der Waals surface area contributed by atoms with E-state index >= 15 is 0 Å². The molecule has 0 aliphatic carbocycles. The summed E-state index contributed by atoms with van der Waals surface area (Å²) in [4.78, 5) is 11.9. The molecule has 17 heavy (non-hydrogen) atoms. The van der Waals surface area contributed by atoms with Crippen molar-refractivity contribution < 1.29 is 9.53 Å². The second-order valence-electron chi connectivity index (χ2n) is 3.62. The summed E-state index contributed by atoms with van der Waals surface area (Å²) in [7, 11) is 2.51. The number of hydrogen-bond donors (Lipinski definition) is 0. The lowest BCUT2D eigenvalue weighted by molar-refractivity contribution is -0.133. The van der Waals surface area contributed by atoms with Crippen molar-refractivity contribution in [2.75, 3.05) is 0 Å². The summed E-state index contributed by atoms with van der Waals surface area (Å²) in [6.07, 6.45) is 0. The molecule has 2 aromatic carbocycles. The molecule has 0 aliphatic rings. The standard InChI is InChI=1S/C14H13O2P/c15-14(16-12-9-5-2-6-10-12)13(17)11-7-3-1-4-8-11/h1-10,13H,17H2. The first-order valence-electron chi connectivity index (χ1n) is 5.34. The Bertz CT molecular complexity index is 482. The first-order valence-corrected chi connectivity index (χ1v) is 6.01. The van der Waals surface area contributed by atoms with Crippen molar-refractivity contribution in [2.45, 2.75) is 5.66 Å². The number of ether oxygens (including phenoxy) is 1. The molecule has 0 N–H and O–H groups in total. The molecule has 0 bridgehead atoms. The highest BCUT2D eigenvalue weighted by molar-refractivity contribution is 7.19. The van der Waals surface area contributed by atoms with Crippen LogP contribution in [0, 0.1) is 0 Å². The van der Waals surface area contributed by atoms with E-state index in [2.05, 4.69) is 9.24 Å². The van der Waals surface area contributed by atoms with Crippen LogP contribution in [-0.2, 0) is 4.79 Å². The van der Waals surface area contributed by atoms with Crippen molar-refractivity contribution in [3.8, 4) is 5.75 Å². The molecule has 0 fully saturated rings. The Morgan fingerprint density at radius 2 is 1.47 bits per heavy atom. The molecule has 3 heteroatoms. The van der Waals surface area contributed by atoms with Gasteiger partial charge in [0.25, 0.3) is 0 Å². The third kappa shape index (κ3) is 3.15. The normalized spacial score (nSPS) is 11.8. The van der Waals surface area contributed by atoms with Gasteiger partial charge in [0.05, 0.1) is 5.66 Å². The second kappa shape index (κ2) is 5.60. The largest absolute Gasteiger partial charge is 0.426 e. The van der Waals surface area contributed by atoms with Crippen molar-refractivity contribution >= 4 is 15.2 Å². The van der Waals surface area contributed by atoms with Crippen LogP contribution >= 0.6 is 9.24 Å². The van der Waals surface area contributed by atoms with Gasteiger partial charge in [0.2, 0.25) is 0 Å². The summed E-state index contributed by atoms with van der Waals surface area (Å²) in [5, 5.41) is 0. The minimum absolute atomic E-state index is 0.271. The lowest BCUT2D eigenvalue weighted by Crippen LogP contribution is -2.13. The molecule has 0 saturated carbocycles. The van der Waals surface area contributed by atoms with Gasteiger partial charge in [-0.2, -0.15) is 0 Å². The molecule has 0 aliphatic heterocycles. The Morgan fingerprint density at radius 1 is 0.941 bits per heavy atom. The molecule has 2 unspecified atom stereocenters. The van der Waals surface area contributed by atoms with E-state index in [0.717, 1.165) is 5.56 Å². The molecule has 0 amide bonds. The van der Waals surface area contributed by atoms with E-state index in [1.54, 1.807) is 12.1 Å². The van der Waals surface area contributed by atoms with Gasteiger partial charge in [0.1, 0.15) is 5.75 Å². The van der Waals surface area contributed by atoms with Crippen LogP contribution < -0.4 is 4.74 Å². The van der Waals surface area contributed by atoms with E-state index in [0.29, 0.717) is 5.75 Å². The number of rotatable bonds is 3. The molecule has 0 saturated heterocycles. The zero-order valence-corrected chi connectivity index (χ0v) is 10.4. The molecule has 0 spiro atoms. The average Bonchev–Trinajstić information content (AvgIpc) is 2.40. The molecular weight excluding hydrogens is 231 g/mol. The van der Waals surface area contributed by atoms with Crippen molar-refractivity contribution in [3.63, 3.8) is 0 Å². The molecule has 2 nitrogen and oxygen atoms in total. The van der Waals surface area contributed by atoms with E-state index < -0.39 is 0 Å². The van der Waals surface area contributed by atoms with Gasteiger partial charge in [0.15, 0.2) is 0 Å². The Morgan fingerprint density at radius 3 is 2.06 bits per heavy atom. The van der Waals surface area contributed by atoms with Crippen LogP contribution in [0.5, 0.6) is 5.75 Å². The summed E-state index contributed by atoms with van der Waals surface area (Å²) in [6.45, 7) is 0. The summed E-state index contributed by atoms with van der Waals surface area (Å²) in [5.41, 5.74) is 0.592. The smallest absolute Gasteiger partial charge is 0.322 e. The van der Waals surface area contributed by atoms with Crippen LogP contribution in [-0.4, -0.2) is 5.97 Å². The second-order valence-corrected chi connectivity index (χ2v) is 4.29. The van der Waals surface area contributed by atoms with Crippen molar-refractivity contribution in [1.82, 2.24) is 0 Å². The SMILES string of the molecule is O=C(Oc1ccccc1)C(P)c1ccccc1. The molecular formula is C14H13O2P. The van der Waals surface area contributed by atoms with Crippen LogP contribution in [0.4, 0.5) is 0 Å². The van der Waals surface area contributed by atoms with E-state index in [1.165, 1.54) is 0 Å². The molecule has 2 aromatic rings. The van der Waals surface area contributed by atoms with E-state index in [4.69, 9.17) is 4.74 Å². The Balaban J connectivity index is 2.06. The van der Waals surface area contributed by atoms with E-state index in [-0.39, 0.29) is 11.6 Å². The fourth-order valence-corrected chi connectivity index (χ4v) is 1.75. The maximum atomic E-state index is 11.9. The van der Waals surface area contributed by atoms with Crippen molar-refractivity contribution in [1.29, 1.82) is 0 Å². The van der Waals surface area contributed by atoms with Crippen LogP contribution in [0.25, 0.3) is 0 Å².